The van der Waals surface area contributed by atoms with Crippen LogP contribution in [0, 0.1) is 17.5 Å². The first-order valence-electron chi connectivity index (χ1n) is 9.21. The van der Waals surface area contributed by atoms with E-state index in [1.807, 2.05) is 12.1 Å². The molecule has 1 aliphatic rings. The molecule has 2 N–H and O–H groups in total. The Labute approximate surface area is 157 Å². The van der Waals surface area contributed by atoms with Crippen LogP contribution in [0.3, 0.4) is 0 Å². The van der Waals surface area contributed by atoms with Crippen LogP contribution in [0.25, 0.3) is 0 Å². The minimum atomic E-state index is -1.17. The topological polar surface area (TPSA) is 38.5 Å². The number of hydrogen-bond acceptors (Lipinski definition) is 3. The zero-order valence-electron chi connectivity index (χ0n) is 15.4. The molecule has 1 aliphatic heterocycles. The summed E-state index contributed by atoms with van der Waals surface area (Å²) < 4.78 is 45.2. The van der Waals surface area contributed by atoms with E-state index in [0.29, 0.717) is 18.4 Å². The van der Waals surface area contributed by atoms with Gasteiger partial charge in [0.05, 0.1) is 7.11 Å². The molecule has 146 valence electrons. The zero-order chi connectivity index (χ0) is 19.4. The van der Waals surface area contributed by atoms with E-state index >= 15 is 0 Å². The summed E-state index contributed by atoms with van der Waals surface area (Å²) in [6.07, 6.45) is 1.95. The van der Waals surface area contributed by atoms with Crippen LogP contribution in [-0.2, 0) is 6.42 Å². The molecule has 0 bridgehead atoms. The maximum atomic E-state index is 13.7. The highest BCUT2D eigenvalue weighted by molar-refractivity contribution is 5.30. The number of rotatable bonds is 7. The van der Waals surface area contributed by atoms with E-state index in [1.165, 1.54) is 5.56 Å². The lowest BCUT2D eigenvalue weighted by molar-refractivity contribution is 0.316. The molecule has 2 aromatic rings. The van der Waals surface area contributed by atoms with Crippen LogP contribution in [0.4, 0.5) is 13.2 Å². The maximum Gasteiger partial charge on any atom is 0.161 e. The van der Waals surface area contributed by atoms with Crippen LogP contribution in [0.15, 0.2) is 36.4 Å². The van der Waals surface area contributed by atoms with Gasteiger partial charge in [0.1, 0.15) is 11.6 Å². The fourth-order valence-corrected chi connectivity index (χ4v) is 3.64. The van der Waals surface area contributed by atoms with Crippen molar-refractivity contribution in [3.05, 3.63) is 65.0 Å². The molecule has 0 spiro atoms. The van der Waals surface area contributed by atoms with Crippen LogP contribution in [-0.4, -0.2) is 37.7 Å². The third-order valence-electron chi connectivity index (χ3n) is 5.25. The first-order chi connectivity index (χ1) is 13.0. The van der Waals surface area contributed by atoms with Gasteiger partial charge in [-0.3, -0.25) is 0 Å². The van der Waals surface area contributed by atoms with Gasteiger partial charge in [0.2, 0.25) is 0 Å². The third-order valence-corrected chi connectivity index (χ3v) is 5.25. The Kier molecular flexibility index (Phi) is 6.39. The monoisotopic (exact) mass is 378 g/mol. The van der Waals surface area contributed by atoms with Crippen molar-refractivity contribution < 1.29 is 17.9 Å². The Balaban J connectivity index is 1.48. The molecule has 0 radical (unpaired) electrons. The second kappa shape index (κ2) is 8.76. The van der Waals surface area contributed by atoms with E-state index in [-0.39, 0.29) is 18.0 Å². The third kappa shape index (κ3) is 5.02. The second-order valence-corrected chi connectivity index (χ2v) is 7.17. The minimum absolute atomic E-state index is 0.124. The van der Waals surface area contributed by atoms with E-state index in [9.17, 15) is 13.2 Å². The van der Waals surface area contributed by atoms with E-state index < -0.39 is 17.5 Å². The molecular formula is C21H25F3N2O. The summed E-state index contributed by atoms with van der Waals surface area (Å²) in [6.45, 7) is 2.75. The Hall–Kier alpha value is -2.05. The first-order valence-corrected chi connectivity index (χ1v) is 9.21. The van der Waals surface area contributed by atoms with Gasteiger partial charge >= 0.3 is 0 Å². The van der Waals surface area contributed by atoms with Gasteiger partial charge in [-0.25, -0.2) is 13.2 Å². The predicted octanol–water partition coefficient (Wildman–Crippen LogP) is 3.86. The number of nitrogens with two attached hydrogens (primary N) is 1. The van der Waals surface area contributed by atoms with Crippen molar-refractivity contribution in [3.63, 3.8) is 0 Å². The maximum absolute atomic E-state index is 13.7. The van der Waals surface area contributed by atoms with Crippen molar-refractivity contribution in [2.75, 3.05) is 26.7 Å². The molecule has 0 amide bonds. The summed E-state index contributed by atoms with van der Waals surface area (Å²) in [5.74, 6) is -1.63. The van der Waals surface area contributed by atoms with Crippen molar-refractivity contribution >= 4 is 0 Å². The summed E-state index contributed by atoms with van der Waals surface area (Å²) in [5.41, 5.74) is 7.52. The number of benzene rings is 2. The molecule has 1 saturated heterocycles. The average Bonchev–Trinajstić information content (AvgIpc) is 3.13. The Morgan fingerprint density at radius 3 is 2.52 bits per heavy atom. The SMILES string of the molecule is COc1ccc(C2CCN(CC[C@H](N)Cc3cc(F)c(F)cc3F)C2)cc1. The van der Waals surface area contributed by atoms with E-state index in [1.54, 1.807) is 7.11 Å². The summed E-state index contributed by atoms with van der Waals surface area (Å²) in [5, 5.41) is 0. The number of halogens is 3. The largest absolute Gasteiger partial charge is 0.497 e. The number of hydrogen-bond donors (Lipinski definition) is 1. The van der Waals surface area contributed by atoms with Gasteiger partial charge < -0.3 is 15.4 Å². The number of methoxy groups -OCH3 is 1. The predicted molar refractivity (Wildman–Crippen MR) is 99.4 cm³/mol. The smallest absolute Gasteiger partial charge is 0.161 e. The molecule has 3 rings (SSSR count). The minimum Gasteiger partial charge on any atom is -0.497 e. The Morgan fingerprint density at radius 2 is 1.81 bits per heavy atom. The second-order valence-electron chi connectivity index (χ2n) is 7.17. The lowest BCUT2D eigenvalue weighted by Gasteiger charge is -2.19. The molecule has 0 saturated carbocycles. The van der Waals surface area contributed by atoms with Gasteiger partial charge in [0, 0.05) is 18.7 Å². The number of likely N-dealkylation sites (tertiary alicyclic amines) is 1. The van der Waals surface area contributed by atoms with Crippen molar-refractivity contribution in [1.29, 1.82) is 0 Å². The number of nitrogens with zero attached hydrogens (tertiary/aromatic N) is 1. The highest BCUT2D eigenvalue weighted by Gasteiger charge is 2.24. The average molecular weight is 378 g/mol. The molecule has 1 heterocycles. The van der Waals surface area contributed by atoms with Crippen molar-refractivity contribution in [2.24, 2.45) is 5.73 Å². The van der Waals surface area contributed by atoms with Crippen molar-refractivity contribution in [2.45, 2.75) is 31.2 Å². The highest BCUT2D eigenvalue weighted by atomic mass is 19.2. The van der Waals surface area contributed by atoms with Gasteiger partial charge in [0.15, 0.2) is 11.6 Å². The molecular weight excluding hydrogens is 353 g/mol. The lowest BCUT2D eigenvalue weighted by atomic mass is 9.98. The Bertz CT molecular complexity index is 767. The summed E-state index contributed by atoms with van der Waals surface area (Å²) in [4.78, 5) is 2.34. The van der Waals surface area contributed by atoms with Gasteiger partial charge in [-0.05, 0) is 67.6 Å². The molecule has 0 aromatic heterocycles. The molecule has 2 aromatic carbocycles. The molecule has 6 heteroatoms. The lowest BCUT2D eigenvalue weighted by Crippen LogP contribution is -2.31. The van der Waals surface area contributed by atoms with Crippen molar-refractivity contribution in [3.8, 4) is 5.75 Å². The van der Waals surface area contributed by atoms with E-state index in [0.717, 1.165) is 37.9 Å². The molecule has 0 aliphatic carbocycles. The molecule has 27 heavy (non-hydrogen) atoms. The summed E-state index contributed by atoms with van der Waals surface area (Å²) >= 11 is 0. The summed E-state index contributed by atoms with van der Waals surface area (Å²) in [6, 6.07) is 9.34. The standard InChI is InChI=1S/C21H25F3N2O/c1-27-18-4-2-14(3-5-18)15-6-8-26(13-15)9-7-17(25)10-16-11-20(23)21(24)12-19(16)22/h2-5,11-12,15,17H,6-10,13,25H2,1H3/t15?,17-/m0/s1. The molecule has 1 unspecified atom stereocenters. The van der Waals surface area contributed by atoms with E-state index in [4.69, 9.17) is 10.5 Å². The number of ether oxygens (including phenoxy) is 1. The normalized spacial score (nSPS) is 18.6. The quantitative estimate of drug-likeness (QED) is 0.744. The summed E-state index contributed by atoms with van der Waals surface area (Å²) in [7, 11) is 1.65. The van der Waals surface area contributed by atoms with Crippen LogP contribution in [0.5, 0.6) is 5.75 Å². The van der Waals surface area contributed by atoms with Gasteiger partial charge in [-0.2, -0.15) is 0 Å². The van der Waals surface area contributed by atoms with Crippen LogP contribution < -0.4 is 10.5 Å². The first kappa shape index (κ1) is 19.7. The van der Waals surface area contributed by atoms with Gasteiger partial charge in [0.25, 0.3) is 0 Å². The molecule has 1 fully saturated rings. The molecule has 2 atom stereocenters. The van der Waals surface area contributed by atoms with Crippen LogP contribution in [0.1, 0.15) is 29.9 Å². The fourth-order valence-electron chi connectivity index (χ4n) is 3.64. The molecule has 3 nitrogen and oxygen atoms in total. The van der Waals surface area contributed by atoms with Crippen molar-refractivity contribution in [1.82, 2.24) is 4.90 Å². The van der Waals surface area contributed by atoms with E-state index in [2.05, 4.69) is 17.0 Å². The van der Waals surface area contributed by atoms with Crippen LogP contribution >= 0.6 is 0 Å². The van der Waals surface area contributed by atoms with Crippen LogP contribution in [0.2, 0.25) is 0 Å². The Morgan fingerprint density at radius 1 is 1.11 bits per heavy atom. The zero-order valence-corrected chi connectivity index (χ0v) is 15.4. The fraction of sp³-hybridized carbons (Fsp3) is 0.429. The van der Waals surface area contributed by atoms with Gasteiger partial charge in [-0.15, -0.1) is 0 Å². The van der Waals surface area contributed by atoms with Gasteiger partial charge in [-0.1, -0.05) is 12.1 Å². The highest BCUT2D eigenvalue weighted by Crippen LogP contribution is 2.28.